The molecule has 17 heavy (non-hydrogen) atoms. The minimum atomic E-state index is -0.472. The van der Waals surface area contributed by atoms with E-state index in [1.54, 1.807) is 0 Å². The molecule has 3 N–H and O–H groups in total. The van der Waals surface area contributed by atoms with Gasteiger partial charge in [-0.2, -0.15) is 0 Å². The molecule has 2 aliphatic rings. The van der Waals surface area contributed by atoms with E-state index in [0.717, 1.165) is 19.4 Å². The number of ether oxygens (including phenoxy) is 1. The highest BCUT2D eigenvalue weighted by Gasteiger charge is 2.27. The monoisotopic (exact) mass is 241 g/mol. The van der Waals surface area contributed by atoms with E-state index >= 15 is 0 Å². The molecule has 6 heteroatoms. The third-order valence-electron chi connectivity index (χ3n) is 3.07. The van der Waals surface area contributed by atoms with Crippen LogP contribution >= 0.6 is 0 Å². The lowest BCUT2D eigenvalue weighted by Gasteiger charge is -2.24. The molecule has 0 aliphatic carbocycles. The number of morpholine rings is 1. The van der Waals surface area contributed by atoms with Gasteiger partial charge in [0.2, 0.25) is 5.91 Å². The zero-order chi connectivity index (χ0) is 12.1. The fraction of sp³-hybridized carbons (Fsp3) is 0.818. The van der Waals surface area contributed by atoms with Crippen LogP contribution in [0.4, 0.5) is 0 Å². The molecule has 0 spiro atoms. The molecule has 6 nitrogen and oxygen atoms in total. The molecule has 2 heterocycles. The van der Waals surface area contributed by atoms with Crippen molar-refractivity contribution in [3.63, 3.8) is 0 Å². The van der Waals surface area contributed by atoms with Crippen LogP contribution in [0.2, 0.25) is 0 Å². The standard InChI is InChI=1S/C11H19N3O3/c15-10-8(3-1-2-4-13-10)14-11(16)9-7-12-5-6-17-9/h8-9,12H,1-7H2,(H,13,15)(H,14,16). The van der Waals surface area contributed by atoms with Gasteiger partial charge in [0.15, 0.2) is 0 Å². The molecule has 0 radical (unpaired) electrons. The SMILES string of the molecule is O=C1NCCCCC1NC(=O)C1CNCCO1. The summed E-state index contributed by atoms with van der Waals surface area (Å²) in [5.41, 5.74) is 0. The van der Waals surface area contributed by atoms with E-state index in [-0.39, 0.29) is 11.8 Å². The summed E-state index contributed by atoms with van der Waals surface area (Å²) in [5, 5.41) is 8.65. The molecule has 0 saturated carbocycles. The Morgan fingerprint density at radius 3 is 3.00 bits per heavy atom. The first kappa shape index (κ1) is 12.3. The second-order valence-electron chi connectivity index (χ2n) is 4.41. The number of rotatable bonds is 2. The average Bonchev–Trinajstić information content (AvgIpc) is 2.56. The zero-order valence-corrected chi connectivity index (χ0v) is 9.83. The minimum absolute atomic E-state index is 0.0837. The summed E-state index contributed by atoms with van der Waals surface area (Å²) in [6.45, 7) is 2.52. The number of amides is 2. The summed E-state index contributed by atoms with van der Waals surface area (Å²) in [6.07, 6.45) is 2.16. The maximum absolute atomic E-state index is 11.9. The van der Waals surface area contributed by atoms with Gasteiger partial charge in [0.05, 0.1) is 6.61 Å². The Morgan fingerprint density at radius 2 is 2.24 bits per heavy atom. The van der Waals surface area contributed by atoms with Crippen molar-refractivity contribution >= 4 is 11.8 Å². The lowest BCUT2D eigenvalue weighted by atomic mass is 10.1. The van der Waals surface area contributed by atoms with E-state index in [2.05, 4.69) is 16.0 Å². The molecule has 2 rings (SSSR count). The maximum Gasteiger partial charge on any atom is 0.251 e. The van der Waals surface area contributed by atoms with Gasteiger partial charge in [-0.1, -0.05) is 0 Å². The van der Waals surface area contributed by atoms with E-state index < -0.39 is 12.1 Å². The average molecular weight is 241 g/mol. The van der Waals surface area contributed by atoms with Gasteiger partial charge >= 0.3 is 0 Å². The molecule has 0 aromatic carbocycles. The predicted octanol–water partition coefficient (Wildman–Crippen LogP) is -1.24. The van der Waals surface area contributed by atoms with Crippen LogP contribution in [0.15, 0.2) is 0 Å². The normalized spacial score (nSPS) is 30.2. The van der Waals surface area contributed by atoms with Gasteiger partial charge in [0.1, 0.15) is 12.1 Å². The summed E-state index contributed by atoms with van der Waals surface area (Å²) in [7, 11) is 0. The van der Waals surface area contributed by atoms with Crippen LogP contribution in [0.1, 0.15) is 19.3 Å². The van der Waals surface area contributed by atoms with E-state index in [1.165, 1.54) is 0 Å². The fourth-order valence-electron chi connectivity index (χ4n) is 2.08. The second-order valence-corrected chi connectivity index (χ2v) is 4.41. The van der Waals surface area contributed by atoms with Crippen LogP contribution in [0.25, 0.3) is 0 Å². The van der Waals surface area contributed by atoms with Gasteiger partial charge in [0, 0.05) is 19.6 Å². The number of nitrogens with one attached hydrogen (secondary N) is 3. The van der Waals surface area contributed by atoms with Crippen LogP contribution in [0.3, 0.4) is 0 Å². The van der Waals surface area contributed by atoms with Crippen LogP contribution in [-0.4, -0.2) is 50.2 Å². The molecule has 96 valence electrons. The van der Waals surface area contributed by atoms with Gasteiger partial charge in [-0.15, -0.1) is 0 Å². The van der Waals surface area contributed by atoms with Crippen molar-refractivity contribution in [3.8, 4) is 0 Å². The zero-order valence-electron chi connectivity index (χ0n) is 9.83. The number of carbonyl (C=O) groups is 2. The van der Waals surface area contributed by atoms with Gasteiger partial charge in [0.25, 0.3) is 5.91 Å². The lowest BCUT2D eigenvalue weighted by Crippen LogP contribution is -2.53. The van der Waals surface area contributed by atoms with Gasteiger partial charge in [-0.3, -0.25) is 9.59 Å². The first-order chi connectivity index (χ1) is 8.27. The fourth-order valence-corrected chi connectivity index (χ4v) is 2.08. The lowest BCUT2D eigenvalue weighted by molar-refractivity contribution is -0.137. The molecule has 2 aliphatic heterocycles. The molecule has 0 aromatic heterocycles. The van der Waals surface area contributed by atoms with Crippen molar-refractivity contribution in [3.05, 3.63) is 0 Å². The molecular formula is C11H19N3O3. The first-order valence-corrected chi connectivity index (χ1v) is 6.18. The third-order valence-corrected chi connectivity index (χ3v) is 3.07. The summed E-state index contributed by atoms with van der Waals surface area (Å²) >= 11 is 0. The molecule has 2 fully saturated rings. The quantitative estimate of drug-likeness (QED) is 0.565. The van der Waals surface area contributed by atoms with Crippen LogP contribution in [0, 0.1) is 0 Å². The summed E-state index contributed by atoms with van der Waals surface area (Å²) < 4.78 is 5.34. The van der Waals surface area contributed by atoms with Crippen molar-refractivity contribution in [2.45, 2.75) is 31.4 Å². The summed E-state index contributed by atoms with van der Waals surface area (Å²) in [4.78, 5) is 23.5. The summed E-state index contributed by atoms with van der Waals surface area (Å²) in [6, 6.07) is -0.407. The van der Waals surface area contributed by atoms with E-state index in [9.17, 15) is 9.59 Å². The van der Waals surface area contributed by atoms with Crippen molar-refractivity contribution in [2.24, 2.45) is 0 Å². The third kappa shape index (κ3) is 3.41. The van der Waals surface area contributed by atoms with Crippen molar-refractivity contribution in [1.29, 1.82) is 0 Å². The smallest absolute Gasteiger partial charge is 0.251 e. The Hall–Kier alpha value is -1.14. The second kappa shape index (κ2) is 5.97. The van der Waals surface area contributed by atoms with Crippen LogP contribution in [-0.2, 0) is 14.3 Å². The Labute approximate surface area is 100 Å². The molecule has 0 bridgehead atoms. The molecule has 2 amide bonds. The van der Waals surface area contributed by atoms with E-state index in [1.807, 2.05) is 0 Å². The Kier molecular flexibility index (Phi) is 4.33. The van der Waals surface area contributed by atoms with Gasteiger partial charge in [-0.05, 0) is 19.3 Å². The topological polar surface area (TPSA) is 79.5 Å². The highest BCUT2D eigenvalue weighted by Crippen LogP contribution is 2.06. The molecule has 2 saturated heterocycles. The Balaban J connectivity index is 1.85. The van der Waals surface area contributed by atoms with Crippen LogP contribution in [0.5, 0.6) is 0 Å². The Morgan fingerprint density at radius 1 is 1.35 bits per heavy atom. The van der Waals surface area contributed by atoms with Crippen molar-refractivity contribution in [2.75, 3.05) is 26.2 Å². The molecule has 2 unspecified atom stereocenters. The number of hydrogen-bond donors (Lipinski definition) is 3. The van der Waals surface area contributed by atoms with Crippen molar-refractivity contribution < 1.29 is 14.3 Å². The van der Waals surface area contributed by atoms with Crippen molar-refractivity contribution in [1.82, 2.24) is 16.0 Å². The van der Waals surface area contributed by atoms with E-state index in [4.69, 9.17) is 4.74 Å². The van der Waals surface area contributed by atoms with E-state index in [0.29, 0.717) is 26.1 Å². The maximum atomic E-state index is 11.9. The largest absolute Gasteiger partial charge is 0.366 e. The van der Waals surface area contributed by atoms with Gasteiger partial charge in [-0.25, -0.2) is 0 Å². The predicted molar refractivity (Wildman–Crippen MR) is 61.4 cm³/mol. The van der Waals surface area contributed by atoms with Crippen LogP contribution < -0.4 is 16.0 Å². The summed E-state index contributed by atoms with van der Waals surface area (Å²) in [5.74, 6) is -0.279. The highest BCUT2D eigenvalue weighted by atomic mass is 16.5. The first-order valence-electron chi connectivity index (χ1n) is 6.18. The van der Waals surface area contributed by atoms with Gasteiger partial charge < -0.3 is 20.7 Å². The molecule has 2 atom stereocenters. The highest BCUT2D eigenvalue weighted by molar-refractivity contribution is 5.89. The molecule has 0 aromatic rings. The Bertz CT molecular complexity index is 290. The minimum Gasteiger partial charge on any atom is -0.366 e. The molecular weight excluding hydrogens is 222 g/mol. The number of hydrogen-bond acceptors (Lipinski definition) is 4. The number of carbonyl (C=O) groups excluding carboxylic acids is 2.